The first-order valence-corrected chi connectivity index (χ1v) is 9.73. The molecule has 0 fully saturated rings. The second-order valence-electron chi connectivity index (χ2n) is 7.32. The number of methoxy groups -OCH3 is 2. The van der Waals surface area contributed by atoms with Crippen LogP contribution in [0.3, 0.4) is 0 Å². The van der Waals surface area contributed by atoms with Crippen LogP contribution in [0.15, 0.2) is 24.0 Å². The van der Waals surface area contributed by atoms with Gasteiger partial charge < -0.3 is 14.2 Å². The molecule has 0 spiro atoms. The van der Waals surface area contributed by atoms with Crippen LogP contribution in [-0.2, 0) is 21.4 Å². The lowest BCUT2D eigenvalue weighted by Crippen LogP contribution is -2.44. The summed E-state index contributed by atoms with van der Waals surface area (Å²) >= 11 is 0. The van der Waals surface area contributed by atoms with Gasteiger partial charge >= 0.3 is 0 Å². The van der Waals surface area contributed by atoms with E-state index in [1.807, 2.05) is 12.1 Å². The molecule has 142 valence electrons. The molecule has 26 heavy (non-hydrogen) atoms. The van der Waals surface area contributed by atoms with Crippen LogP contribution in [0.25, 0.3) is 0 Å². The predicted molar refractivity (Wildman–Crippen MR) is 102 cm³/mol. The third-order valence-electron chi connectivity index (χ3n) is 6.06. The van der Waals surface area contributed by atoms with Gasteiger partial charge in [0.15, 0.2) is 23.0 Å². The number of rotatable bonds is 7. The number of benzene rings is 1. The van der Waals surface area contributed by atoms with E-state index in [1.165, 1.54) is 11.1 Å². The van der Waals surface area contributed by atoms with E-state index in [0.29, 0.717) is 18.8 Å². The summed E-state index contributed by atoms with van der Waals surface area (Å²) in [5.41, 5.74) is 2.24. The van der Waals surface area contributed by atoms with Crippen molar-refractivity contribution in [2.75, 3.05) is 20.8 Å². The van der Waals surface area contributed by atoms with Crippen LogP contribution < -0.4 is 9.47 Å². The van der Waals surface area contributed by atoms with E-state index < -0.39 is 0 Å². The summed E-state index contributed by atoms with van der Waals surface area (Å²) in [4.78, 5) is 12.7. The van der Waals surface area contributed by atoms with E-state index >= 15 is 0 Å². The summed E-state index contributed by atoms with van der Waals surface area (Å²) in [5, 5.41) is 0. The van der Waals surface area contributed by atoms with Crippen molar-refractivity contribution in [1.29, 1.82) is 0 Å². The minimum atomic E-state index is -0.233. The van der Waals surface area contributed by atoms with Crippen molar-refractivity contribution in [2.45, 2.75) is 57.8 Å². The number of Topliss-reactive ketones (excluding diaryl/α,β-unsaturated/α-hetero) is 1. The number of hydrogen-bond donors (Lipinski definition) is 0. The van der Waals surface area contributed by atoms with Crippen molar-refractivity contribution in [2.24, 2.45) is 5.92 Å². The van der Waals surface area contributed by atoms with Crippen molar-refractivity contribution in [3.8, 4) is 11.5 Å². The normalized spacial score (nSPS) is 24.4. The van der Waals surface area contributed by atoms with E-state index in [-0.39, 0.29) is 17.1 Å². The van der Waals surface area contributed by atoms with Gasteiger partial charge in [-0.3, -0.25) is 4.79 Å². The first-order valence-electron chi connectivity index (χ1n) is 9.73. The van der Waals surface area contributed by atoms with Gasteiger partial charge in [-0.2, -0.15) is 0 Å². The molecule has 0 radical (unpaired) electrons. The highest BCUT2D eigenvalue weighted by molar-refractivity contribution is 5.96. The van der Waals surface area contributed by atoms with Crippen LogP contribution in [0.2, 0.25) is 0 Å². The largest absolute Gasteiger partial charge is 0.493 e. The van der Waals surface area contributed by atoms with Gasteiger partial charge in [-0.05, 0) is 49.3 Å². The minimum Gasteiger partial charge on any atom is -0.493 e. The summed E-state index contributed by atoms with van der Waals surface area (Å²) in [7, 11) is 3.27. The number of unbranched alkanes of at least 4 members (excludes halogenated alkanes) is 1. The van der Waals surface area contributed by atoms with Crippen LogP contribution in [0.4, 0.5) is 0 Å². The fraction of sp³-hybridized carbons (Fsp3) is 0.591. The maximum Gasteiger partial charge on any atom is 0.197 e. The molecule has 0 aromatic heterocycles. The standard InChI is InChI=1S/C22H30O4/c1-5-7-12-26-21-18(24-3)11-9-15-8-10-16-13-19(25-4)17(23)14-22(16,6-2)20(15)21/h9,11,13,16H,5-8,10,12,14H2,1-4H3/t16?,22-/m1/s1. The number of carbonyl (C=O) groups excluding carboxylic acids is 1. The lowest BCUT2D eigenvalue weighted by Gasteiger charge is -2.47. The molecule has 0 amide bonds. The van der Waals surface area contributed by atoms with Crippen molar-refractivity contribution in [1.82, 2.24) is 0 Å². The molecule has 0 bridgehead atoms. The fourth-order valence-corrected chi connectivity index (χ4v) is 4.61. The number of fused-ring (bicyclic) bond motifs is 3. The third-order valence-corrected chi connectivity index (χ3v) is 6.06. The molecule has 4 heteroatoms. The van der Waals surface area contributed by atoms with Gasteiger partial charge in [0.1, 0.15) is 0 Å². The molecular formula is C22H30O4. The zero-order chi connectivity index (χ0) is 18.7. The monoisotopic (exact) mass is 358 g/mol. The van der Waals surface area contributed by atoms with Gasteiger partial charge in [0, 0.05) is 17.4 Å². The summed E-state index contributed by atoms with van der Waals surface area (Å²) in [6.45, 7) is 5.00. The molecule has 1 aromatic carbocycles. The molecule has 2 aliphatic rings. The zero-order valence-corrected chi connectivity index (χ0v) is 16.4. The molecule has 1 unspecified atom stereocenters. The van der Waals surface area contributed by atoms with Crippen molar-refractivity contribution >= 4 is 5.78 Å². The van der Waals surface area contributed by atoms with E-state index in [9.17, 15) is 4.79 Å². The quantitative estimate of drug-likeness (QED) is 0.669. The van der Waals surface area contributed by atoms with Gasteiger partial charge in [0.2, 0.25) is 0 Å². The maximum absolute atomic E-state index is 12.7. The summed E-state index contributed by atoms with van der Waals surface area (Å²) in [6, 6.07) is 4.15. The Bertz CT molecular complexity index is 706. The van der Waals surface area contributed by atoms with Crippen LogP contribution in [0, 0.1) is 5.92 Å². The molecule has 0 saturated carbocycles. The molecule has 3 rings (SSSR count). The minimum absolute atomic E-state index is 0.0841. The highest BCUT2D eigenvalue weighted by Crippen LogP contribution is 2.55. The maximum atomic E-state index is 12.7. The first kappa shape index (κ1) is 18.8. The number of carbonyl (C=O) groups is 1. The van der Waals surface area contributed by atoms with Gasteiger partial charge in [-0.15, -0.1) is 0 Å². The Morgan fingerprint density at radius 2 is 2.00 bits per heavy atom. The highest BCUT2D eigenvalue weighted by atomic mass is 16.5. The van der Waals surface area contributed by atoms with Crippen LogP contribution in [-0.4, -0.2) is 26.6 Å². The van der Waals surface area contributed by atoms with Gasteiger partial charge in [-0.25, -0.2) is 0 Å². The zero-order valence-electron chi connectivity index (χ0n) is 16.4. The van der Waals surface area contributed by atoms with E-state index in [4.69, 9.17) is 14.2 Å². The molecule has 0 saturated heterocycles. The Kier molecular flexibility index (Phi) is 5.59. The number of hydrogen-bond acceptors (Lipinski definition) is 4. The Morgan fingerprint density at radius 1 is 1.19 bits per heavy atom. The lowest BCUT2D eigenvalue weighted by molar-refractivity contribution is -0.121. The molecule has 0 N–H and O–H groups in total. The molecule has 0 heterocycles. The fourth-order valence-electron chi connectivity index (χ4n) is 4.61. The summed E-state index contributed by atoms with van der Waals surface area (Å²) in [5.74, 6) is 2.49. The summed E-state index contributed by atoms with van der Waals surface area (Å²) < 4.78 is 17.2. The Morgan fingerprint density at radius 3 is 2.65 bits per heavy atom. The van der Waals surface area contributed by atoms with E-state index in [2.05, 4.69) is 19.9 Å². The van der Waals surface area contributed by atoms with Crippen molar-refractivity contribution < 1.29 is 19.0 Å². The molecule has 4 nitrogen and oxygen atoms in total. The van der Waals surface area contributed by atoms with Crippen LogP contribution in [0.1, 0.15) is 57.1 Å². The van der Waals surface area contributed by atoms with Gasteiger partial charge in [0.05, 0.1) is 20.8 Å². The number of aryl methyl sites for hydroxylation is 1. The van der Waals surface area contributed by atoms with Crippen molar-refractivity contribution in [3.05, 3.63) is 35.1 Å². The first-order chi connectivity index (χ1) is 12.6. The average Bonchev–Trinajstić information content (AvgIpc) is 2.67. The molecule has 0 aliphatic heterocycles. The van der Waals surface area contributed by atoms with Crippen LogP contribution >= 0.6 is 0 Å². The average molecular weight is 358 g/mol. The summed E-state index contributed by atoms with van der Waals surface area (Å²) in [6.07, 6.45) is 7.51. The number of ketones is 1. The van der Waals surface area contributed by atoms with Gasteiger partial charge in [0.25, 0.3) is 0 Å². The third kappa shape index (κ3) is 3.00. The van der Waals surface area contributed by atoms with E-state index in [1.54, 1.807) is 14.2 Å². The Hall–Kier alpha value is -1.97. The Labute approximate surface area is 156 Å². The predicted octanol–water partition coefficient (Wildman–Crippen LogP) is 4.59. The van der Waals surface area contributed by atoms with Crippen LogP contribution in [0.5, 0.6) is 11.5 Å². The molecular weight excluding hydrogens is 328 g/mol. The Balaban J connectivity index is 2.15. The van der Waals surface area contributed by atoms with E-state index in [0.717, 1.165) is 43.6 Å². The second kappa shape index (κ2) is 7.73. The SMILES string of the molecule is CCCCOc1c(OC)ccc2c1[C@]1(CC)CC(=O)C(OC)=CC1CC2. The topological polar surface area (TPSA) is 44.8 Å². The van der Waals surface area contributed by atoms with Gasteiger partial charge in [-0.1, -0.05) is 26.3 Å². The highest BCUT2D eigenvalue weighted by Gasteiger charge is 2.49. The second-order valence-corrected chi connectivity index (χ2v) is 7.32. The number of ether oxygens (including phenoxy) is 3. The molecule has 1 aromatic rings. The molecule has 2 atom stereocenters. The smallest absolute Gasteiger partial charge is 0.197 e. The number of allylic oxidation sites excluding steroid dienone is 2. The molecule has 2 aliphatic carbocycles. The lowest BCUT2D eigenvalue weighted by atomic mass is 9.57. The van der Waals surface area contributed by atoms with Crippen molar-refractivity contribution in [3.63, 3.8) is 0 Å².